The predicted molar refractivity (Wildman–Crippen MR) is 75.6 cm³/mol. The lowest BCUT2D eigenvalue weighted by Crippen LogP contribution is -2.39. The number of carbonyl (C=O) groups excluding carboxylic acids is 1. The number of carbonyl (C=O) groups is 2. The molecule has 1 rings (SSSR count). The molecular weight excluding hydrogens is 274 g/mol. The molecule has 0 fully saturated rings. The van der Waals surface area contributed by atoms with Gasteiger partial charge in [0.05, 0.1) is 7.11 Å². The molecule has 1 atom stereocenters. The first-order valence-electron chi connectivity index (χ1n) is 6.02. The predicted octanol–water partition coefficient (Wildman–Crippen LogP) is 1.10. The SMILES string of the molecule is COc1ccc(N/C=C(/C#N)C(=O)NC(C)C(=O)O)cc1. The zero-order chi connectivity index (χ0) is 15.8. The summed E-state index contributed by atoms with van der Waals surface area (Å²) >= 11 is 0. The van der Waals surface area contributed by atoms with Crippen molar-refractivity contribution in [2.24, 2.45) is 0 Å². The van der Waals surface area contributed by atoms with Gasteiger partial charge in [-0.1, -0.05) is 0 Å². The second kappa shape index (κ2) is 7.55. The second-order valence-corrected chi connectivity index (χ2v) is 4.08. The molecule has 0 aliphatic rings. The van der Waals surface area contributed by atoms with Gasteiger partial charge in [0, 0.05) is 11.9 Å². The number of hydrogen-bond acceptors (Lipinski definition) is 5. The molecule has 0 aliphatic carbocycles. The van der Waals surface area contributed by atoms with E-state index < -0.39 is 17.9 Å². The number of carboxylic acids is 1. The van der Waals surface area contributed by atoms with E-state index in [0.717, 1.165) is 0 Å². The fourth-order valence-electron chi connectivity index (χ4n) is 1.33. The van der Waals surface area contributed by atoms with Crippen molar-refractivity contribution in [2.75, 3.05) is 12.4 Å². The van der Waals surface area contributed by atoms with Crippen molar-refractivity contribution in [2.45, 2.75) is 13.0 Å². The van der Waals surface area contributed by atoms with Gasteiger partial charge in [0.1, 0.15) is 23.4 Å². The van der Waals surface area contributed by atoms with Crippen LogP contribution in [0.1, 0.15) is 6.92 Å². The van der Waals surface area contributed by atoms with Gasteiger partial charge in [-0.25, -0.2) is 0 Å². The number of nitriles is 1. The Hall–Kier alpha value is -3.01. The van der Waals surface area contributed by atoms with Crippen molar-refractivity contribution < 1.29 is 19.4 Å². The lowest BCUT2D eigenvalue weighted by Gasteiger charge is -2.08. The van der Waals surface area contributed by atoms with Crippen LogP contribution in [0.3, 0.4) is 0 Å². The molecule has 1 aromatic carbocycles. The van der Waals surface area contributed by atoms with E-state index in [-0.39, 0.29) is 5.57 Å². The van der Waals surface area contributed by atoms with E-state index in [9.17, 15) is 9.59 Å². The van der Waals surface area contributed by atoms with E-state index in [1.165, 1.54) is 13.1 Å². The number of carboxylic acid groups (broad SMARTS) is 1. The van der Waals surface area contributed by atoms with E-state index in [2.05, 4.69) is 10.6 Å². The lowest BCUT2D eigenvalue weighted by atomic mass is 10.2. The largest absolute Gasteiger partial charge is 0.497 e. The van der Waals surface area contributed by atoms with Crippen molar-refractivity contribution in [3.8, 4) is 11.8 Å². The smallest absolute Gasteiger partial charge is 0.325 e. The third-order valence-corrected chi connectivity index (χ3v) is 2.56. The average molecular weight is 289 g/mol. The molecule has 21 heavy (non-hydrogen) atoms. The van der Waals surface area contributed by atoms with Gasteiger partial charge in [0.15, 0.2) is 0 Å². The quantitative estimate of drug-likeness (QED) is 0.534. The molecule has 110 valence electrons. The van der Waals surface area contributed by atoms with Crippen molar-refractivity contribution >= 4 is 17.6 Å². The zero-order valence-electron chi connectivity index (χ0n) is 11.6. The minimum Gasteiger partial charge on any atom is -0.497 e. The highest BCUT2D eigenvalue weighted by Gasteiger charge is 2.16. The zero-order valence-corrected chi connectivity index (χ0v) is 11.6. The summed E-state index contributed by atoms with van der Waals surface area (Å²) in [5, 5.41) is 22.6. The lowest BCUT2D eigenvalue weighted by molar-refractivity contribution is -0.140. The third-order valence-electron chi connectivity index (χ3n) is 2.56. The highest BCUT2D eigenvalue weighted by Crippen LogP contribution is 2.15. The van der Waals surface area contributed by atoms with Gasteiger partial charge < -0.3 is 20.5 Å². The summed E-state index contributed by atoms with van der Waals surface area (Å²) in [6.45, 7) is 1.31. The first kappa shape index (κ1) is 16.0. The normalized spacial score (nSPS) is 12.0. The summed E-state index contributed by atoms with van der Waals surface area (Å²) in [5.74, 6) is -1.25. The molecule has 7 nitrogen and oxygen atoms in total. The Kier molecular flexibility index (Phi) is 5.77. The number of amides is 1. The number of nitrogens with zero attached hydrogens (tertiary/aromatic N) is 1. The molecule has 0 spiro atoms. The molecule has 1 aromatic rings. The number of aliphatic carboxylic acids is 1. The summed E-state index contributed by atoms with van der Waals surface area (Å²) in [6.07, 6.45) is 1.21. The van der Waals surface area contributed by atoms with Crippen LogP contribution < -0.4 is 15.4 Å². The number of hydrogen-bond donors (Lipinski definition) is 3. The number of rotatable bonds is 6. The average Bonchev–Trinajstić information content (AvgIpc) is 2.48. The number of anilines is 1. The molecule has 0 heterocycles. The van der Waals surface area contributed by atoms with E-state index >= 15 is 0 Å². The molecule has 0 aromatic heterocycles. The molecule has 0 saturated heterocycles. The highest BCUT2D eigenvalue weighted by molar-refractivity contribution is 5.99. The summed E-state index contributed by atoms with van der Waals surface area (Å²) in [4.78, 5) is 22.3. The van der Waals surface area contributed by atoms with Crippen molar-refractivity contribution in [1.29, 1.82) is 5.26 Å². The number of methoxy groups -OCH3 is 1. The van der Waals surface area contributed by atoms with Crippen LogP contribution in [0.15, 0.2) is 36.0 Å². The van der Waals surface area contributed by atoms with Crippen molar-refractivity contribution in [3.63, 3.8) is 0 Å². The number of nitrogens with one attached hydrogen (secondary N) is 2. The van der Waals surface area contributed by atoms with Gasteiger partial charge >= 0.3 is 5.97 Å². The maximum atomic E-state index is 11.7. The summed E-state index contributed by atoms with van der Waals surface area (Å²) in [5.41, 5.74) is 0.432. The van der Waals surface area contributed by atoms with E-state index in [1.54, 1.807) is 37.4 Å². The minimum absolute atomic E-state index is 0.223. The van der Waals surface area contributed by atoms with Crippen LogP contribution in [-0.4, -0.2) is 30.1 Å². The Morgan fingerprint density at radius 1 is 1.38 bits per heavy atom. The van der Waals surface area contributed by atoms with Gasteiger partial charge in [-0.15, -0.1) is 0 Å². The van der Waals surface area contributed by atoms with Crippen LogP contribution in [0.4, 0.5) is 5.69 Å². The topological polar surface area (TPSA) is 111 Å². The minimum atomic E-state index is -1.18. The van der Waals surface area contributed by atoms with Crippen LogP contribution in [0.2, 0.25) is 0 Å². The first-order chi connectivity index (χ1) is 9.97. The molecule has 3 N–H and O–H groups in total. The van der Waals surface area contributed by atoms with Crippen LogP contribution in [0.25, 0.3) is 0 Å². The number of ether oxygens (including phenoxy) is 1. The highest BCUT2D eigenvalue weighted by atomic mass is 16.5. The Morgan fingerprint density at radius 3 is 2.48 bits per heavy atom. The Morgan fingerprint density at radius 2 is 2.00 bits per heavy atom. The van der Waals surface area contributed by atoms with Gasteiger partial charge in [-0.3, -0.25) is 9.59 Å². The van der Waals surface area contributed by atoms with Gasteiger partial charge in [-0.2, -0.15) is 5.26 Å². The van der Waals surface area contributed by atoms with Gasteiger partial charge in [-0.05, 0) is 31.2 Å². The fraction of sp³-hybridized carbons (Fsp3) is 0.214. The third kappa shape index (κ3) is 4.87. The maximum absolute atomic E-state index is 11.7. The summed E-state index contributed by atoms with van der Waals surface area (Å²) in [6, 6.07) is 7.49. The molecule has 0 aliphatic heterocycles. The van der Waals surface area contributed by atoms with Gasteiger partial charge in [0.25, 0.3) is 5.91 Å². The first-order valence-corrected chi connectivity index (χ1v) is 6.02. The Bertz CT molecular complexity index is 587. The molecule has 0 radical (unpaired) electrons. The number of benzene rings is 1. The molecular formula is C14H15N3O4. The summed E-state index contributed by atoms with van der Waals surface area (Å²) in [7, 11) is 1.55. The van der Waals surface area contributed by atoms with Crippen LogP contribution >= 0.6 is 0 Å². The van der Waals surface area contributed by atoms with E-state index in [1.807, 2.05) is 0 Å². The Labute approximate surface area is 121 Å². The van der Waals surface area contributed by atoms with Crippen LogP contribution in [0, 0.1) is 11.3 Å². The van der Waals surface area contributed by atoms with Gasteiger partial charge in [0.2, 0.25) is 0 Å². The standard InChI is InChI=1S/C14H15N3O4/c1-9(14(19)20)17-13(18)10(7-15)8-16-11-3-5-12(21-2)6-4-11/h3-6,8-9,16H,1-2H3,(H,17,18)(H,19,20)/b10-8-. The Balaban J connectivity index is 2.72. The molecule has 0 bridgehead atoms. The van der Waals surface area contributed by atoms with Crippen molar-refractivity contribution in [1.82, 2.24) is 5.32 Å². The van der Waals surface area contributed by atoms with Crippen LogP contribution in [-0.2, 0) is 9.59 Å². The molecule has 0 saturated carbocycles. The van der Waals surface area contributed by atoms with Crippen LogP contribution in [0.5, 0.6) is 5.75 Å². The monoisotopic (exact) mass is 289 g/mol. The van der Waals surface area contributed by atoms with Crippen molar-refractivity contribution in [3.05, 3.63) is 36.0 Å². The van der Waals surface area contributed by atoms with E-state index in [0.29, 0.717) is 11.4 Å². The fourth-order valence-corrected chi connectivity index (χ4v) is 1.33. The second-order valence-electron chi connectivity index (χ2n) is 4.08. The molecule has 7 heteroatoms. The molecule has 1 unspecified atom stereocenters. The van der Waals surface area contributed by atoms with E-state index in [4.69, 9.17) is 15.1 Å². The summed E-state index contributed by atoms with van der Waals surface area (Å²) < 4.78 is 5.01. The molecule has 1 amide bonds. The maximum Gasteiger partial charge on any atom is 0.325 e.